The highest BCUT2D eigenvalue weighted by molar-refractivity contribution is 7.87. The van der Waals surface area contributed by atoms with Crippen LogP contribution in [0.3, 0.4) is 0 Å². The van der Waals surface area contributed by atoms with E-state index in [9.17, 15) is 8.42 Å². The SMILES string of the molecule is CC1CCN(S(=O)(=O)NCC2(N)CCC2)CC1. The molecule has 0 amide bonds. The first-order valence-electron chi connectivity index (χ1n) is 6.45. The average Bonchev–Trinajstić information content (AvgIpc) is 2.24. The van der Waals surface area contributed by atoms with Gasteiger partial charge in [-0.1, -0.05) is 6.92 Å². The van der Waals surface area contributed by atoms with Crippen molar-refractivity contribution in [3.05, 3.63) is 0 Å². The lowest BCUT2D eigenvalue weighted by atomic mass is 9.78. The maximum Gasteiger partial charge on any atom is 0.279 e. The summed E-state index contributed by atoms with van der Waals surface area (Å²) < 4.78 is 28.3. The summed E-state index contributed by atoms with van der Waals surface area (Å²) >= 11 is 0. The Kier molecular flexibility index (Phi) is 3.77. The van der Waals surface area contributed by atoms with E-state index in [1.807, 2.05) is 0 Å². The van der Waals surface area contributed by atoms with Crippen molar-refractivity contribution >= 4 is 10.2 Å². The van der Waals surface area contributed by atoms with E-state index >= 15 is 0 Å². The second-order valence-corrected chi connectivity index (χ2v) is 7.38. The topological polar surface area (TPSA) is 75.4 Å². The molecule has 6 heteroatoms. The minimum absolute atomic E-state index is 0.295. The summed E-state index contributed by atoms with van der Waals surface area (Å²) in [5.41, 5.74) is 5.72. The third-order valence-electron chi connectivity index (χ3n) is 4.04. The van der Waals surface area contributed by atoms with E-state index in [2.05, 4.69) is 11.6 Å². The number of nitrogens with zero attached hydrogens (tertiary/aromatic N) is 1. The monoisotopic (exact) mass is 261 g/mol. The van der Waals surface area contributed by atoms with Crippen molar-refractivity contribution in [2.45, 2.75) is 44.6 Å². The van der Waals surface area contributed by atoms with Gasteiger partial charge in [0.25, 0.3) is 10.2 Å². The molecule has 0 radical (unpaired) electrons. The predicted octanol–water partition coefficient (Wildman–Crippen LogP) is 0.434. The van der Waals surface area contributed by atoms with Crippen LogP contribution in [-0.4, -0.2) is 37.9 Å². The van der Waals surface area contributed by atoms with Crippen LogP contribution in [0.4, 0.5) is 0 Å². The summed E-state index contributed by atoms with van der Waals surface area (Å²) in [4.78, 5) is 0. The number of hydrogen-bond donors (Lipinski definition) is 2. The molecule has 2 rings (SSSR count). The molecule has 0 aromatic rings. The molecule has 1 saturated heterocycles. The van der Waals surface area contributed by atoms with Crippen LogP contribution in [0.15, 0.2) is 0 Å². The van der Waals surface area contributed by atoms with Gasteiger partial charge >= 0.3 is 0 Å². The molecule has 3 N–H and O–H groups in total. The van der Waals surface area contributed by atoms with Gasteiger partial charge in [0.15, 0.2) is 0 Å². The highest BCUT2D eigenvalue weighted by atomic mass is 32.2. The van der Waals surface area contributed by atoms with Crippen molar-refractivity contribution in [2.75, 3.05) is 19.6 Å². The van der Waals surface area contributed by atoms with E-state index in [4.69, 9.17) is 5.73 Å². The third kappa shape index (κ3) is 3.19. The number of hydrogen-bond acceptors (Lipinski definition) is 3. The zero-order chi connectivity index (χ0) is 12.5. The van der Waals surface area contributed by atoms with Gasteiger partial charge in [-0.15, -0.1) is 0 Å². The van der Waals surface area contributed by atoms with Crippen molar-refractivity contribution in [1.82, 2.24) is 9.03 Å². The van der Waals surface area contributed by atoms with Crippen LogP contribution in [0.5, 0.6) is 0 Å². The van der Waals surface area contributed by atoms with Crippen molar-refractivity contribution in [3.8, 4) is 0 Å². The van der Waals surface area contributed by atoms with Crippen LogP contribution < -0.4 is 10.5 Å². The predicted molar refractivity (Wildman–Crippen MR) is 67.7 cm³/mol. The molecule has 0 unspecified atom stereocenters. The van der Waals surface area contributed by atoms with Crippen molar-refractivity contribution in [3.63, 3.8) is 0 Å². The lowest BCUT2D eigenvalue weighted by Crippen LogP contribution is -2.57. The average molecular weight is 261 g/mol. The highest BCUT2D eigenvalue weighted by Gasteiger charge is 2.35. The maximum absolute atomic E-state index is 12.0. The van der Waals surface area contributed by atoms with Crippen molar-refractivity contribution in [2.24, 2.45) is 11.7 Å². The first kappa shape index (κ1) is 13.3. The smallest absolute Gasteiger partial charge is 0.279 e. The fourth-order valence-corrected chi connectivity index (χ4v) is 3.70. The summed E-state index contributed by atoms with van der Waals surface area (Å²) in [7, 11) is -3.31. The molecule has 0 spiro atoms. The van der Waals surface area contributed by atoms with Crippen LogP contribution >= 0.6 is 0 Å². The highest BCUT2D eigenvalue weighted by Crippen LogP contribution is 2.28. The first-order valence-corrected chi connectivity index (χ1v) is 7.89. The Morgan fingerprint density at radius 3 is 2.41 bits per heavy atom. The van der Waals surface area contributed by atoms with Gasteiger partial charge in [-0.25, -0.2) is 4.72 Å². The number of nitrogens with one attached hydrogen (secondary N) is 1. The standard InChI is InChI=1S/C11H23N3O2S/c1-10-3-7-14(8-4-10)17(15,16)13-9-11(12)5-2-6-11/h10,13H,2-9,12H2,1H3. The molecule has 17 heavy (non-hydrogen) atoms. The largest absolute Gasteiger partial charge is 0.324 e. The Labute approximate surface area is 104 Å². The van der Waals surface area contributed by atoms with Crippen LogP contribution in [0, 0.1) is 5.92 Å². The van der Waals surface area contributed by atoms with E-state index < -0.39 is 10.2 Å². The molecular weight excluding hydrogens is 238 g/mol. The molecule has 5 nitrogen and oxygen atoms in total. The molecule has 1 heterocycles. The summed E-state index contributed by atoms with van der Waals surface area (Å²) in [6, 6.07) is 0. The normalized spacial score (nSPS) is 26.7. The Balaban J connectivity index is 1.85. The number of nitrogens with two attached hydrogens (primary N) is 1. The Morgan fingerprint density at radius 2 is 1.94 bits per heavy atom. The van der Waals surface area contributed by atoms with Crippen LogP contribution in [-0.2, 0) is 10.2 Å². The summed E-state index contributed by atoms with van der Waals surface area (Å²) in [5, 5.41) is 0. The van der Waals surface area contributed by atoms with E-state index in [1.54, 1.807) is 4.31 Å². The van der Waals surface area contributed by atoms with Gasteiger partial charge < -0.3 is 5.73 Å². The Morgan fingerprint density at radius 1 is 1.35 bits per heavy atom. The van der Waals surface area contributed by atoms with Gasteiger partial charge in [-0.05, 0) is 38.0 Å². The van der Waals surface area contributed by atoms with Gasteiger partial charge in [0, 0.05) is 25.2 Å². The van der Waals surface area contributed by atoms with E-state index in [1.165, 1.54) is 0 Å². The minimum Gasteiger partial charge on any atom is -0.324 e. The fraction of sp³-hybridized carbons (Fsp3) is 1.00. The summed E-state index contributed by atoms with van der Waals surface area (Å²) in [6.07, 6.45) is 4.86. The molecule has 1 saturated carbocycles. The van der Waals surface area contributed by atoms with Crippen molar-refractivity contribution < 1.29 is 8.42 Å². The van der Waals surface area contributed by atoms with Gasteiger partial charge in [0.2, 0.25) is 0 Å². The number of rotatable bonds is 4. The van der Waals surface area contributed by atoms with Crippen LogP contribution in [0.1, 0.15) is 39.0 Å². The molecule has 0 atom stereocenters. The second kappa shape index (κ2) is 4.84. The van der Waals surface area contributed by atoms with E-state index in [0.29, 0.717) is 25.6 Å². The lowest BCUT2D eigenvalue weighted by Gasteiger charge is -2.39. The Hall–Kier alpha value is -0.170. The maximum atomic E-state index is 12.0. The fourth-order valence-electron chi connectivity index (χ4n) is 2.36. The first-order chi connectivity index (χ1) is 7.91. The zero-order valence-corrected chi connectivity index (χ0v) is 11.3. The lowest BCUT2D eigenvalue weighted by molar-refractivity contribution is 0.244. The molecule has 2 aliphatic rings. The van der Waals surface area contributed by atoms with Crippen LogP contribution in [0.2, 0.25) is 0 Å². The molecule has 0 bridgehead atoms. The molecule has 0 aromatic carbocycles. The zero-order valence-electron chi connectivity index (χ0n) is 10.5. The number of piperidine rings is 1. The molecule has 2 fully saturated rings. The molecule has 0 aromatic heterocycles. The quantitative estimate of drug-likeness (QED) is 0.771. The van der Waals surface area contributed by atoms with E-state index in [0.717, 1.165) is 32.1 Å². The summed E-state index contributed by atoms with van der Waals surface area (Å²) in [6.45, 7) is 3.81. The van der Waals surface area contributed by atoms with Gasteiger partial charge in [-0.3, -0.25) is 0 Å². The van der Waals surface area contributed by atoms with E-state index in [-0.39, 0.29) is 5.54 Å². The summed E-state index contributed by atoms with van der Waals surface area (Å²) in [5.74, 6) is 0.633. The molecule has 1 aliphatic carbocycles. The van der Waals surface area contributed by atoms with Gasteiger partial charge in [0.1, 0.15) is 0 Å². The molecular formula is C11H23N3O2S. The van der Waals surface area contributed by atoms with Crippen LogP contribution in [0.25, 0.3) is 0 Å². The Bertz CT molecular complexity index is 357. The minimum atomic E-state index is -3.31. The second-order valence-electron chi connectivity index (χ2n) is 5.62. The third-order valence-corrected chi connectivity index (χ3v) is 5.59. The van der Waals surface area contributed by atoms with Crippen molar-refractivity contribution in [1.29, 1.82) is 0 Å². The van der Waals surface area contributed by atoms with Gasteiger partial charge in [-0.2, -0.15) is 12.7 Å². The molecule has 1 aliphatic heterocycles. The van der Waals surface area contributed by atoms with Gasteiger partial charge in [0.05, 0.1) is 0 Å². The molecule has 100 valence electrons.